The number of hydrogen-bond acceptors (Lipinski definition) is 1. The first-order chi connectivity index (χ1) is 9.95. The number of carbonyl (C=O) groups excluding carboxylic acids is 1. The molecule has 0 bridgehead atoms. The van der Waals surface area contributed by atoms with Crippen molar-refractivity contribution in [1.82, 2.24) is 0 Å². The first kappa shape index (κ1) is 20.7. The van der Waals surface area contributed by atoms with Crippen LogP contribution in [0.15, 0.2) is 0 Å². The summed E-state index contributed by atoms with van der Waals surface area (Å²) in [6.07, 6.45) is 14.0. The highest BCUT2D eigenvalue weighted by Gasteiger charge is 2.07. The second-order valence-electron chi connectivity index (χ2n) is 7.90. The minimum atomic E-state index is 0.579. The third kappa shape index (κ3) is 14.4. The first-order valence-corrected chi connectivity index (χ1v) is 9.39. The highest BCUT2D eigenvalue weighted by Crippen LogP contribution is 2.22. The Morgan fingerprint density at radius 2 is 1.00 bits per heavy atom. The van der Waals surface area contributed by atoms with Crippen molar-refractivity contribution in [1.29, 1.82) is 0 Å². The zero-order chi connectivity index (χ0) is 16.1. The molecule has 0 N–H and O–H groups in total. The average molecular weight is 297 g/mol. The van der Waals surface area contributed by atoms with Crippen molar-refractivity contribution in [2.24, 2.45) is 23.7 Å². The summed E-state index contributed by atoms with van der Waals surface area (Å²) in [5.74, 6) is 3.20. The van der Waals surface area contributed by atoms with Gasteiger partial charge in [-0.1, -0.05) is 92.4 Å². The molecule has 3 atom stereocenters. The summed E-state index contributed by atoms with van der Waals surface area (Å²) in [7, 11) is 0. The zero-order valence-electron chi connectivity index (χ0n) is 15.4. The van der Waals surface area contributed by atoms with Crippen molar-refractivity contribution in [3.05, 3.63) is 0 Å². The molecule has 0 aromatic heterocycles. The van der Waals surface area contributed by atoms with Crippen LogP contribution in [0, 0.1) is 23.7 Å². The van der Waals surface area contributed by atoms with Crippen molar-refractivity contribution < 1.29 is 4.79 Å². The van der Waals surface area contributed by atoms with Crippen LogP contribution in [0.1, 0.15) is 98.8 Å². The van der Waals surface area contributed by atoms with E-state index in [2.05, 4.69) is 34.6 Å². The summed E-state index contributed by atoms with van der Waals surface area (Å²) in [5.41, 5.74) is 0. The summed E-state index contributed by atoms with van der Waals surface area (Å²) < 4.78 is 0. The minimum absolute atomic E-state index is 0.579. The van der Waals surface area contributed by atoms with Crippen LogP contribution in [-0.4, -0.2) is 6.29 Å². The SMILES string of the molecule is CC(C)CCCC(C)CCCC(C)CCCC(C)CC=O. The van der Waals surface area contributed by atoms with Crippen LogP contribution in [0.2, 0.25) is 0 Å². The predicted octanol–water partition coefficient (Wildman–Crippen LogP) is 6.65. The number of carbonyl (C=O) groups is 1. The van der Waals surface area contributed by atoms with Crippen molar-refractivity contribution >= 4 is 6.29 Å². The van der Waals surface area contributed by atoms with Gasteiger partial charge in [0.25, 0.3) is 0 Å². The van der Waals surface area contributed by atoms with Gasteiger partial charge in [-0.05, 0) is 23.7 Å². The van der Waals surface area contributed by atoms with Gasteiger partial charge in [-0.25, -0.2) is 0 Å². The average Bonchev–Trinajstić information content (AvgIpc) is 2.38. The third-order valence-electron chi connectivity index (χ3n) is 4.76. The van der Waals surface area contributed by atoms with E-state index in [9.17, 15) is 4.79 Å². The van der Waals surface area contributed by atoms with Gasteiger partial charge >= 0.3 is 0 Å². The molecule has 0 saturated carbocycles. The van der Waals surface area contributed by atoms with Gasteiger partial charge in [0.15, 0.2) is 0 Å². The fraction of sp³-hybridized carbons (Fsp3) is 0.950. The second kappa shape index (κ2) is 13.3. The molecule has 1 nitrogen and oxygen atoms in total. The molecule has 21 heavy (non-hydrogen) atoms. The van der Waals surface area contributed by atoms with Crippen molar-refractivity contribution in [2.45, 2.75) is 98.8 Å². The lowest BCUT2D eigenvalue weighted by atomic mass is 9.91. The normalized spacial score (nSPS) is 15.9. The highest BCUT2D eigenvalue weighted by molar-refractivity contribution is 5.49. The molecule has 0 fully saturated rings. The highest BCUT2D eigenvalue weighted by atomic mass is 16.1. The molecule has 1 heteroatoms. The minimum Gasteiger partial charge on any atom is -0.303 e. The lowest BCUT2D eigenvalue weighted by Crippen LogP contribution is -2.01. The number of rotatable bonds is 14. The standard InChI is InChI=1S/C20H40O/c1-17(2)9-6-10-18(3)11-7-12-19(4)13-8-14-20(5)15-16-21/h16-20H,6-15H2,1-5H3. The molecular weight excluding hydrogens is 256 g/mol. The van der Waals surface area contributed by atoms with E-state index >= 15 is 0 Å². The maximum absolute atomic E-state index is 10.4. The van der Waals surface area contributed by atoms with Gasteiger partial charge < -0.3 is 4.79 Å². The van der Waals surface area contributed by atoms with Crippen molar-refractivity contribution in [3.8, 4) is 0 Å². The molecule has 0 aromatic rings. The first-order valence-electron chi connectivity index (χ1n) is 9.39. The molecule has 0 aromatic carbocycles. The summed E-state index contributed by atoms with van der Waals surface area (Å²) in [6.45, 7) is 11.7. The van der Waals surface area contributed by atoms with Crippen LogP contribution in [-0.2, 0) is 4.79 Å². The quantitative estimate of drug-likeness (QED) is 0.328. The van der Waals surface area contributed by atoms with Gasteiger partial charge in [-0.2, -0.15) is 0 Å². The van der Waals surface area contributed by atoms with Crippen molar-refractivity contribution in [3.63, 3.8) is 0 Å². The number of hydrogen-bond donors (Lipinski definition) is 0. The Morgan fingerprint density at radius 1 is 0.619 bits per heavy atom. The molecule has 3 unspecified atom stereocenters. The summed E-state index contributed by atoms with van der Waals surface area (Å²) >= 11 is 0. The van der Waals surface area contributed by atoms with Crippen molar-refractivity contribution in [2.75, 3.05) is 0 Å². The van der Waals surface area contributed by atoms with E-state index < -0.39 is 0 Å². The molecule has 0 amide bonds. The van der Waals surface area contributed by atoms with Crippen LogP contribution in [0.4, 0.5) is 0 Å². The third-order valence-corrected chi connectivity index (χ3v) is 4.76. The molecule has 0 saturated heterocycles. The molecule has 0 aliphatic carbocycles. The maximum Gasteiger partial charge on any atom is 0.120 e. The molecular formula is C20H40O. The fourth-order valence-corrected chi connectivity index (χ4v) is 3.07. The summed E-state index contributed by atoms with van der Waals surface area (Å²) in [4.78, 5) is 10.4. The van der Waals surface area contributed by atoms with Gasteiger partial charge in [-0.15, -0.1) is 0 Å². The Bertz CT molecular complexity index is 234. The molecule has 126 valence electrons. The summed E-state index contributed by atoms with van der Waals surface area (Å²) in [6, 6.07) is 0. The molecule has 0 aliphatic heterocycles. The van der Waals surface area contributed by atoms with E-state index in [1.807, 2.05) is 0 Å². The molecule has 0 spiro atoms. The number of aldehydes is 1. The molecule has 0 heterocycles. The lowest BCUT2D eigenvalue weighted by Gasteiger charge is -2.15. The van der Waals surface area contributed by atoms with E-state index in [1.54, 1.807) is 0 Å². The Hall–Kier alpha value is -0.330. The Balaban J connectivity index is 3.47. The topological polar surface area (TPSA) is 17.1 Å². The van der Waals surface area contributed by atoms with E-state index in [0.29, 0.717) is 5.92 Å². The molecule has 0 radical (unpaired) electrons. The van der Waals surface area contributed by atoms with Gasteiger partial charge in [0.2, 0.25) is 0 Å². The predicted molar refractivity (Wildman–Crippen MR) is 94.6 cm³/mol. The molecule has 0 aliphatic rings. The smallest absolute Gasteiger partial charge is 0.120 e. The van der Waals surface area contributed by atoms with E-state index in [0.717, 1.165) is 30.5 Å². The van der Waals surface area contributed by atoms with E-state index in [4.69, 9.17) is 0 Å². The molecule has 0 rings (SSSR count). The second-order valence-corrected chi connectivity index (χ2v) is 7.90. The fourth-order valence-electron chi connectivity index (χ4n) is 3.07. The maximum atomic E-state index is 10.4. The monoisotopic (exact) mass is 296 g/mol. The van der Waals surface area contributed by atoms with Gasteiger partial charge in [-0.3, -0.25) is 0 Å². The van der Waals surface area contributed by atoms with Gasteiger partial charge in [0.1, 0.15) is 6.29 Å². The lowest BCUT2D eigenvalue weighted by molar-refractivity contribution is -0.108. The Labute approximate surface area is 134 Å². The van der Waals surface area contributed by atoms with Gasteiger partial charge in [0, 0.05) is 6.42 Å². The van der Waals surface area contributed by atoms with E-state index in [1.165, 1.54) is 57.8 Å². The van der Waals surface area contributed by atoms with Crippen LogP contribution in [0.25, 0.3) is 0 Å². The Morgan fingerprint density at radius 3 is 1.38 bits per heavy atom. The summed E-state index contributed by atoms with van der Waals surface area (Å²) in [5, 5.41) is 0. The van der Waals surface area contributed by atoms with Crippen LogP contribution >= 0.6 is 0 Å². The Kier molecular flexibility index (Phi) is 13.1. The zero-order valence-corrected chi connectivity index (χ0v) is 15.4. The van der Waals surface area contributed by atoms with Crippen LogP contribution in [0.3, 0.4) is 0 Å². The largest absolute Gasteiger partial charge is 0.303 e. The van der Waals surface area contributed by atoms with Gasteiger partial charge in [0.05, 0.1) is 0 Å². The van der Waals surface area contributed by atoms with Crippen LogP contribution in [0.5, 0.6) is 0 Å². The van der Waals surface area contributed by atoms with Crippen LogP contribution < -0.4 is 0 Å². The van der Waals surface area contributed by atoms with E-state index in [-0.39, 0.29) is 0 Å².